The lowest BCUT2D eigenvalue weighted by atomic mass is 9.98. The molecule has 19 heavy (non-hydrogen) atoms. The van der Waals surface area contributed by atoms with E-state index in [0.29, 0.717) is 0 Å². The standard InChI is InChI=1S/C16H19NO2/c1-3-17-16(14-8-11(2)19-10-14)13-4-5-15-12(9-13)6-7-18-15/h4-5,8-10,16-17H,3,6-7H2,1-2H3. The van der Waals surface area contributed by atoms with Gasteiger partial charge < -0.3 is 14.5 Å². The van der Waals surface area contributed by atoms with E-state index >= 15 is 0 Å². The first-order valence-corrected chi connectivity index (χ1v) is 6.82. The number of nitrogens with one attached hydrogen (secondary N) is 1. The van der Waals surface area contributed by atoms with Gasteiger partial charge in [-0.1, -0.05) is 19.1 Å². The van der Waals surface area contributed by atoms with Crippen molar-refractivity contribution in [2.45, 2.75) is 26.3 Å². The van der Waals surface area contributed by atoms with Crippen molar-refractivity contribution in [3.63, 3.8) is 0 Å². The van der Waals surface area contributed by atoms with Crippen molar-refractivity contribution in [1.82, 2.24) is 5.32 Å². The van der Waals surface area contributed by atoms with Crippen LogP contribution in [0.1, 0.15) is 35.4 Å². The van der Waals surface area contributed by atoms with E-state index < -0.39 is 0 Å². The lowest BCUT2D eigenvalue weighted by Gasteiger charge is -2.17. The molecule has 1 unspecified atom stereocenters. The number of benzene rings is 1. The maximum Gasteiger partial charge on any atom is 0.122 e. The molecule has 0 amide bonds. The molecule has 0 aliphatic carbocycles. The summed E-state index contributed by atoms with van der Waals surface area (Å²) in [5, 5.41) is 3.52. The van der Waals surface area contributed by atoms with E-state index in [1.54, 1.807) is 0 Å². The minimum Gasteiger partial charge on any atom is -0.493 e. The fraction of sp³-hybridized carbons (Fsp3) is 0.375. The van der Waals surface area contributed by atoms with Gasteiger partial charge in [-0.2, -0.15) is 0 Å². The lowest BCUT2D eigenvalue weighted by Crippen LogP contribution is -2.21. The van der Waals surface area contributed by atoms with Crippen LogP contribution in [0.5, 0.6) is 5.75 Å². The van der Waals surface area contributed by atoms with E-state index in [2.05, 4.69) is 36.5 Å². The smallest absolute Gasteiger partial charge is 0.122 e. The highest BCUT2D eigenvalue weighted by atomic mass is 16.5. The Morgan fingerprint density at radius 2 is 2.16 bits per heavy atom. The van der Waals surface area contributed by atoms with Crippen molar-refractivity contribution in [3.05, 3.63) is 53.0 Å². The second-order valence-corrected chi connectivity index (χ2v) is 4.95. The lowest BCUT2D eigenvalue weighted by molar-refractivity contribution is 0.357. The van der Waals surface area contributed by atoms with Crippen LogP contribution in [0.2, 0.25) is 0 Å². The molecule has 2 aromatic rings. The highest BCUT2D eigenvalue weighted by Gasteiger charge is 2.19. The van der Waals surface area contributed by atoms with Gasteiger partial charge in [0.25, 0.3) is 0 Å². The second-order valence-electron chi connectivity index (χ2n) is 4.95. The van der Waals surface area contributed by atoms with Crippen LogP contribution in [-0.4, -0.2) is 13.2 Å². The van der Waals surface area contributed by atoms with E-state index in [1.165, 1.54) is 16.7 Å². The van der Waals surface area contributed by atoms with Crippen LogP contribution in [0.25, 0.3) is 0 Å². The Morgan fingerprint density at radius 1 is 1.26 bits per heavy atom. The van der Waals surface area contributed by atoms with E-state index in [1.807, 2.05) is 13.2 Å². The van der Waals surface area contributed by atoms with Crippen LogP contribution in [-0.2, 0) is 6.42 Å². The summed E-state index contributed by atoms with van der Waals surface area (Å²) in [6, 6.07) is 8.75. The van der Waals surface area contributed by atoms with Crippen LogP contribution in [0.3, 0.4) is 0 Å². The number of hydrogen-bond acceptors (Lipinski definition) is 3. The third-order valence-electron chi connectivity index (χ3n) is 3.54. The number of furan rings is 1. The number of ether oxygens (including phenoxy) is 1. The molecule has 3 rings (SSSR count). The molecular weight excluding hydrogens is 238 g/mol. The van der Waals surface area contributed by atoms with Crippen LogP contribution >= 0.6 is 0 Å². The molecule has 1 aromatic carbocycles. The van der Waals surface area contributed by atoms with Gasteiger partial charge >= 0.3 is 0 Å². The Morgan fingerprint density at radius 3 is 2.89 bits per heavy atom. The minimum absolute atomic E-state index is 0.188. The Bertz CT molecular complexity index is 574. The highest BCUT2D eigenvalue weighted by molar-refractivity contribution is 5.43. The first-order chi connectivity index (χ1) is 9.28. The summed E-state index contributed by atoms with van der Waals surface area (Å²) < 4.78 is 11.0. The Labute approximate surface area is 113 Å². The molecule has 0 fully saturated rings. The summed E-state index contributed by atoms with van der Waals surface area (Å²) in [6.45, 7) is 5.82. The van der Waals surface area contributed by atoms with E-state index in [0.717, 1.165) is 31.1 Å². The summed E-state index contributed by atoms with van der Waals surface area (Å²) in [5.74, 6) is 1.98. The van der Waals surface area contributed by atoms with E-state index in [9.17, 15) is 0 Å². The highest BCUT2D eigenvalue weighted by Crippen LogP contribution is 2.31. The molecule has 0 spiro atoms. The van der Waals surface area contributed by atoms with Gasteiger partial charge in [0.05, 0.1) is 18.9 Å². The summed E-state index contributed by atoms with van der Waals surface area (Å²) in [6.07, 6.45) is 2.85. The molecule has 1 atom stereocenters. The normalized spacial score (nSPS) is 15.1. The minimum atomic E-state index is 0.188. The third-order valence-corrected chi connectivity index (χ3v) is 3.54. The predicted molar refractivity (Wildman–Crippen MR) is 74.6 cm³/mol. The van der Waals surface area contributed by atoms with Crippen molar-refractivity contribution in [3.8, 4) is 5.75 Å². The molecule has 1 N–H and O–H groups in total. The van der Waals surface area contributed by atoms with Gasteiger partial charge in [0, 0.05) is 12.0 Å². The molecule has 3 heteroatoms. The Hall–Kier alpha value is -1.74. The molecule has 1 aromatic heterocycles. The SMILES string of the molecule is CCNC(c1coc(C)c1)c1ccc2c(c1)CCO2. The summed E-state index contributed by atoms with van der Waals surface area (Å²) in [5.41, 5.74) is 3.76. The zero-order valence-electron chi connectivity index (χ0n) is 11.4. The summed E-state index contributed by atoms with van der Waals surface area (Å²) >= 11 is 0. The van der Waals surface area contributed by atoms with Gasteiger partial charge in [-0.25, -0.2) is 0 Å². The van der Waals surface area contributed by atoms with Crippen molar-refractivity contribution in [1.29, 1.82) is 0 Å². The average Bonchev–Trinajstić information content (AvgIpc) is 3.03. The molecule has 0 radical (unpaired) electrons. The first-order valence-electron chi connectivity index (χ1n) is 6.82. The fourth-order valence-electron chi connectivity index (χ4n) is 2.63. The van der Waals surface area contributed by atoms with Gasteiger partial charge in [-0.15, -0.1) is 0 Å². The first kappa shape index (κ1) is 12.3. The van der Waals surface area contributed by atoms with Crippen LogP contribution in [0, 0.1) is 6.92 Å². The zero-order valence-corrected chi connectivity index (χ0v) is 11.4. The Kier molecular flexibility index (Phi) is 3.30. The molecule has 0 bridgehead atoms. The summed E-state index contributed by atoms with van der Waals surface area (Å²) in [7, 11) is 0. The molecule has 0 saturated heterocycles. The zero-order chi connectivity index (χ0) is 13.2. The Balaban J connectivity index is 1.95. The molecule has 3 nitrogen and oxygen atoms in total. The van der Waals surface area contributed by atoms with Crippen molar-refractivity contribution < 1.29 is 9.15 Å². The second kappa shape index (κ2) is 5.10. The van der Waals surface area contributed by atoms with Crippen LogP contribution in [0.15, 0.2) is 34.9 Å². The van der Waals surface area contributed by atoms with Gasteiger partial charge in [-0.3, -0.25) is 0 Å². The van der Waals surface area contributed by atoms with Crippen molar-refractivity contribution in [2.75, 3.05) is 13.2 Å². The van der Waals surface area contributed by atoms with E-state index in [4.69, 9.17) is 9.15 Å². The molecular formula is C16H19NO2. The maximum atomic E-state index is 5.56. The van der Waals surface area contributed by atoms with Crippen molar-refractivity contribution >= 4 is 0 Å². The molecule has 1 aliphatic rings. The van der Waals surface area contributed by atoms with Crippen LogP contribution in [0.4, 0.5) is 0 Å². The largest absolute Gasteiger partial charge is 0.493 e. The average molecular weight is 257 g/mol. The predicted octanol–water partition coefficient (Wildman–Crippen LogP) is 3.22. The van der Waals surface area contributed by atoms with Gasteiger partial charge in [0.2, 0.25) is 0 Å². The van der Waals surface area contributed by atoms with Crippen LogP contribution < -0.4 is 10.1 Å². The number of aryl methyl sites for hydroxylation is 1. The van der Waals surface area contributed by atoms with Gasteiger partial charge in [-0.05, 0) is 36.7 Å². The monoisotopic (exact) mass is 257 g/mol. The maximum absolute atomic E-state index is 5.56. The summed E-state index contributed by atoms with van der Waals surface area (Å²) in [4.78, 5) is 0. The van der Waals surface area contributed by atoms with Gasteiger partial charge in [0.1, 0.15) is 11.5 Å². The number of fused-ring (bicyclic) bond motifs is 1. The topological polar surface area (TPSA) is 34.4 Å². The molecule has 100 valence electrons. The third kappa shape index (κ3) is 2.38. The van der Waals surface area contributed by atoms with Crippen molar-refractivity contribution in [2.24, 2.45) is 0 Å². The fourth-order valence-corrected chi connectivity index (χ4v) is 2.63. The number of hydrogen-bond donors (Lipinski definition) is 1. The number of rotatable bonds is 4. The molecule has 1 aliphatic heterocycles. The van der Waals surface area contributed by atoms with E-state index in [-0.39, 0.29) is 6.04 Å². The molecule has 0 saturated carbocycles. The van der Waals surface area contributed by atoms with Gasteiger partial charge in [0.15, 0.2) is 0 Å². The molecule has 2 heterocycles. The quantitative estimate of drug-likeness (QED) is 0.913.